The van der Waals surface area contributed by atoms with Crippen LogP contribution in [0.4, 0.5) is 0 Å². The maximum Gasteiger partial charge on any atom is 0.172 e. The number of hydrogen-bond donors (Lipinski definition) is 0. The van der Waals surface area contributed by atoms with E-state index in [1.54, 1.807) is 0 Å². The summed E-state index contributed by atoms with van der Waals surface area (Å²) in [7, 11) is 0. The summed E-state index contributed by atoms with van der Waals surface area (Å²) < 4.78 is 0. The first kappa shape index (κ1) is 9.10. The van der Waals surface area contributed by atoms with Crippen LogP contribution in [0.2, 0.25) is 0 Å². The highest BCUT2D eigenvalue weighted by Crippen LogP contribution is 2.21. The highest BCUT2D eigenvalue weighted by molar-refractivity contribution is 5.85. The minimum Gasteiger partial charge on any atom is -0.337 e. The Morgan fingerprint density at radius 3 is 2.92 bits per heavy atom. The van der Waals surface area contributed by atoms with Gasteiger partial charge < -0.3 is 4.89 Å². The van der Waals surface area contributed by atoms with Crippen molar-refractivity contribution in [2.75, 3.05) is 6.61 Å². The molecule has 0 aliphatic carbocycles. The molecule has 0 spiro atoms. The Hall–Kier alpha value is -0.990. The lowest BCUT2D eigenvalue weighted by Crippen LogP contribution is -1.94. The molecule has 0 N–H and O–H groups in total. The van der Waals surface area contributed by atoms with Crippen LogP contribution in [-0.2, 0) is 4.89 Å². The third-order valence-corrected chi connectivity index (χ3v) is 1.53. The molecule has 0 atom stereocenters. The lowest BCUT2D eigenvalue weighted by molar-refractivity contribution is -0.194. The summed E-state index contributed by atoms with van der Waals surface area (Å²) in [6.07, 6.45) is 3.91. The second-order valence-electron chi connectivity index (χ2n) is 2.31. The zero-order chi connectivity index (χ0) is 7.52. The van der Waals surface area contributed by atoms with E-state index < -0.39 is 0 Å². The summed E-state index contributed by atoms with van der Waals surface area (Å²) in [5, 5.41) is 0. The third kappa shape index (κ3) is 1.78. The van der Waals surface area contributed by atoms with Gasteiger partial charge in [-0.25, -0.2) is 0 Å². The number of fused-ring (bicyclic) bond motifs is 1. The molecule has 1 aliphatic heterocycles. The van der Waals surface area contributed by atoms with Gasteiger partial charge in [0.15, 0.2) is 5.75 Å². The van der Waals surface area contributed by atoms with Crippen molar-refractivity contribution < 1.29 is 9.78 Å². The van der Waals surface area contributed by atoms with Crippen molar-refractivity contribution in [1.29, 1.82) is 0 Å². The van der Waals surface area contributed by atoms with Gasteiger partial charge in [-0.05, 0) is 6.07 Å². The van der Waals surface area contributed by atoms with Gasteiger partial charge in [0.05, 0.1) is 0 Å². The topological polar surface area (TPSA) is 18.5 Å². The van der Waals surface area contributed by atoms with Crippen LogP contribution in [0.3, 0.4) is 0 Å². The predicted octanol–water partition coefficient (Wildman–Crippen LogP) is 2.45. The lowest BCUT2D eigenvalue weighted by Gasteiger charge is -2.01. The van der Waals surface area contributed by atoms with Crippen LogP contribution in [0.1, 0.15) is 5.56 Å². The molecular weight excluding hydrogens is 176 g/mol. The molecule has 0 aromatic heterocycles. The minimum atomic E-state index is 0. The van der Waals surface area contributed by atoms with Crippen molar-refractivity contribution in [2.45, 2.75) is 0 Å². The first-order valence-corrected chi connectivity index (χ1v) is 3.52. The van der Waals surface area contributed by atoms with E-state index >= 15 is 0 Å². The van der Waals surface area contributed by atoms with Crippen LogP contribution in [0.25, 0.3) is 6.08 Å². The standard InChI is InChI=1S/C9H8O2.ClH/c1-2-6-9-8(4-1)5-3-7-10-11-9;/h1-6H,7H2;1H. The average molecular weight is 185 g/mol. The minimum absolute atomic E-state index is 0. The molecule has 2 nitrogen and oxygen atoms in total. The molecule has 1 heterocycles. The van der Waals surface area contributed by atoms with Crippen molar-refractivity contribution in [3.63, 3.8) is 0 Å². The fourth-order valence-electron chi connectivity index (χ4n) is 1.01. The fourth-order valence-corrected chi connectivity index (χ4v) is 1.01. The number of halogens is 1. The van der Waals surface area contributed by atoms with Crippen molar-refractivity contribution in [2.24, 2.45) is 0 Å². The Balaban J connectivity index is 0.000000720. The van der Waals surface area contributed by atoms with E-state index in [4.69, 9.17) is 9.78 Å². The molecule has 0 unspecified atom stereocenters. The van der Waals surface area contributed by atoms with Gasteiger partial charge in [0.1, 0.15) is 6.61 Å². The summed E-state index contributed by atoms with van der Waals surface area (Å²) in [5.41, 5.74) is 1.06. The molecule has 0 fully saturated rings. The molecule has 3 heteroatoms. The van der Waals surface area contributed by atoms with Gasteiger partial charge in [-0.3, -0.25) is 0 Å². The van der Waals surface area contributed by atoms with E-state index in [9.17, 15) is 0 Å². The van der Waals surface area contributed by atoms with Gasteiger partial charge in [-0.1, -0.05) is 30.4 Å². The van der Waals surface area contributed by atoms with Gasteiger partial charge in [0.25, 0.3) is 0 Å². The van der Waals surface area contributed by atoms with Crippen LogP contribution >= 0.6 is 12.4 Å². The Bertz CT molecular complexity index is 284. The summed E-state index contributed by atoms with van der Waals surface area (Å²) in [4.78, 5) is 9.82. The normalized spacial score (nSPS) is 13.7. The van der Waals surface area contributed by atoms with Crippen molar-refractivity contribution in [1.82, 2.24) is 0 Å². The average Bonchev–Trinajstić information content (AvgIpc) is 2.28. The molecule has 12 heavy (non-hydrogen) atoms. The predicted molar refractivity (Wildman–Crippen MR) is 49.3 cm³/mol. The zero-order valence-corrected chi connectivity index (χ0v) is 7.21. The largest absolute Gasteiger partial charge is 0.337 e. The molecule has 0 bridgehead atoms. The van der Waals surface area contributed by atoms with Crippen LogP contribution < -0.4 is 4.89 Å². The van der Waals surface area contributed by atoms with Gasteiger partial charge >= 0.3 is 0 Å². The molecule has 1 aliphatic rings. The van der Waals surface area contributed by atoms with Gasteiger partial charge in [0.2, 0.25) is 0 Å². The summed E-state index contributed by atoms with van der Waals surface area (Å²) in [5.74, 6) is 0.779. The van der Waals surface area contributed by atoms with Crippen molar-refractivity contribution >= 4 is 18.5 Å². The van der Waals surface area contributed by atoms with E-state index in [0.29, 0.717) is 6.61 Å². The van der Waals surface area contributed by atoms with Gasteiger partial charge in [-0.15, -0.1) is 12.4 Å². The van der Waals surface area contributed by atoms with Gasteiger partial charge in [-0.2, -0.15) is 4.89 Å². The first-order valence-electron chi connectivity index (χ1n) is 3.52. The lowest BCUT2D eigenvalue weighted by atomic mass is 10.2. The summed E-state index contributed by atoms with van der Waals surface area (Å²) in [6.45, 7) is 0.509. The molecule has 64 valence electrons. The van der Waals surface area contributed by atoms with Crippen molar-refractivity contribution in [3.8, 4) is 5.75 Å². The molecule has 2 rings (SSSR count). The Morgan fingerprint density at radius 2 is 2.00 bits per heavy atom. The Morgan fingerprint density at radius 1 is 1.17 bits per heavy atom. The fraction of sp³-hybridized carbons (Fsp3) is 0.111. The first-order chi connectivity index (χ1) is 5.47. The molecule has 1 aromatic rings. The molecule has 0 radical (unpaired) electrons. The SMILES string of the molecule is C1=Cc2ccccc2OOC1.Cl. The van der Waals surface area contributed by atoms with E-state index in [1.165, 1.54) is 0 Å². The van der Waals surface area contributed by atoms with Crippen LogP contribution in [0.5, 0.6) is 5.75 Å². The number of para-hydroxylation sites is 1. The molecule has 0 saturated carbocycles. The monoisotopic (exact) mass is 184 g/mol. The second-order valence-corrected chi connectivity index (χ2v) is 2.31. The van der Waals surface area contributed by atoms with Crippen LogP contribution in [0, 0.1) is 0 Å². The zero-order valence-electron chi connectivity index (χ0n) is 6.40. The smallest absolute Gasteiger partial charge is 0.172 e. The van der Waals surface area contributed by atoms with E-state index in [0.717, 1.165) is 11.3 Å². The molecule has 0 amide bonds. The van der Waals surface area contributed by atoms with Crippen molar-refractivity contribution in [3.05, 3.63) is 35.9 Å². The van der Waals surface area contributed by atoms with Crippen LogP contribution in [-0.4, -0.2) is 6.61 Å². The number of hydrogen-bond acceptors (Lipinski definition) is 2. The highest BCUT2D eigenvalue weighted by atomic mass is 35.5. The summed E-state index contributed by atoms with van der Waals surface area (Å²) >= 11 is 0. The van der Waals surface area contributed by atoms with E-state index in [-0.39, 0.29) is 12.4 Å². The van der Waals surface area contributed by atoms with Gasteiger partial charge in [0, 0.05) is 5.56 Å². The highest BCUT2D eigenvalue weighted by Gasteiger charge is 2.02. The molecule has 0 saturated heterocycles. The van der Waals surface area contributed by atoms with E-state index in [1.807, 2.05) is 36.4 Å². The Kier molecular flexibility index (Phi) is 3.14. The second kappa shape index (κ2) is 4.14. The summed E-state index contributed by atoms with van der Waals surface area (Å²) in [6, 6.07) is 7.75. The van der Waals surface area contributed by atoms with Crippen LogP contribution in [0.15, 0.2) is 30.3 Å². The number of benzene rings is 1. The maximum atomic E-state index is 4.99. The third-order valence-electron chi connectivity index (χ3n) is 1.53. The Labute approximate surface area is 77.1 Å². The number of rotatable bonds is 0. The maximum absolute atomic E-state index is 4.99. The quantitative estimate of drug-likeness (QED) is 0.577. The molecule has 1 aromatic carbocycles. The van der Waals surface area contributed by atoms with E-state index in [2.05, 4.69) is 0 Å². The molecular formula is C9H9ClO2.